The molecule has 2 amide bonds. The zero-order valence-corrected chi connectivity index (χ0v) is 10.8. The fourth-order valence-electron chi connectivity index (χ4n) is 2.38. The van der Waals surface area contributed by atoms with Crippen molar-refractivity contribution in [3.8, 4) is 0 Å². The number of hydrogen-bond donors (Lipinski definition) is 2. The molecule has 0 bridgehead atoms. The molecule has 102 valence electrons. The Morgan fingerprint density at radius 1 is 1.28 bits per heavy atom. The molecule has 1 aliphatic carbocycles. The minimum Gasteiger partial charge on any atom is -0.480 e. The summed E-state index contributed by atoms with van der Waals surface area (Å²) in [5.41, 5.74) is 0. The largest absolute Gasteiger partial charge is 0.480 e. The molecule has 1 saturated carbocycles. The van der Waals surface area contributed by atoms with Gasteiger partial charge in [-0.25, -0.2) is 9.59 Å². The SMILES string of the molecule is CC1CN(C(=O)NC(C(=O)O)C2CC2)CC(C)O1. The predicted molar refractivity (Wildman–Crippen MR) is 64.3 cm³/mol. The van der Waals surface area contributed by atoms with Crippen LogP contribution in [0.25, 0.3) is 0 Å². The molecule has 6 heteroatoms. The Morgan fingerprint density at radius 2 is 1.83 bits per heavy atom. The number of amides is 2. The standard InChI is InChI=1S/C12H20N2O4/c1-7-5-14(6-8(2)18-7)12(17)13-10(11(15)16)9-3-4-9/h7-10H,3-6H2,1-2H3,(H,13,17)(H,15,16). The fraction of sp³-hybridized carbons (Fsp3) is 0.833. The average molecular weight is 256 g/mol. The molecular weight excluding hydrogens is 236 g/mol. The van der Waals surface area contributed by atoms with Crippen molar-refractivity contribution < 1.29 is 19.4 Å². The van der Waals surface area contributed by atoms with Crippen LogP contribution in [-0.2, 0) is 9.53 Å². The zero-order chi connectivity index (χ0) is 13.3. The molecular formula is C12H20N2O4. The summed E-state index contributed by atoms with van der Waals surface area (Å²) in [6, 6.07) is -1.04. The Kier molecular flexibility index (Phi) is 3.75. The number of nitrogens with one attached hydrogen (secondary N) is 1. The van der Waals surface area contributed by atoms with Crippen molar-refractivity contribution in [3.05, 3.63) is 0 Å². The summed E-state index contributed by atoms with van der Waals surface area (Å²) in [5.74, 6) is -0.845. The maximum atomic E-state index is 12.0. The molecule has 2 fully saturated rings. The molecule has 0 spiro atoms. The maximum Gasteiger partial charge on any atom is 0.326 e. The first kappa shape index (κ1) is 13.1. The summed E-state index contributed by atoms with van der Waals surface area (Å²) in [5, 5.41) is 11.7. The first-order chi connectivity index (χ1) is 8.47. The normalized spacial score (nSPS) is 29.8. The van der Waals surface area contributed by atoms with Crippen molar-refractivity contribution in [2.45, 2.75) is 44.9 Å². The van der Waals surface area contributed by atoms with E-state index in [0.717, 1.165) is 12.8 Å². The highest BCUT2D eigenvalue weighted by Crippen LogP contribution is 2.32. The summed E-state index contributed by atoms with van der Waals surface area (Å²) in [7, 11) is 0. The van der Waals surface area contributed by atoms with E-state index in [2.05, 4.69) is 5.32 Å². The summed E-state index contributed by atoms with van der Waals surface area (Å²) in [6.07, 6.45) is 1.74. The number of rotatable bonds is 3. The third-order valence-electron chi connectivity index (χ3n) is 3.35. The minimum absolute atomic E-state index is 0.0105. The Balaban J connectivity index is 1.91. The molecule has 2 N–H and O–H groups in total. The lowest BCUT2D eigenvalue weighted by Crippen LogP contribution is -2.55. The quantitative estimate of drug-likeness (QED) is 0.778. The molecule has 0 aromatic rings. The van der Waals surface area contributed by atoms with E-state index in [0.29, 0.717) is 13.1 Å². The Labute approximate surface area is 106 Å². The number of nitrogens with zero attached hydrogens (tertiary/aromatic N) is 1. The second-order valence-electron chi connectivity index (χ2n) is 5.27. The van der Waals surface area contributed by atoms with Gasteiger partial charge in [-0.1, -0.05) is 0 Å². The number of carboxylic acid groups (broad SMARTS) is 1. The van der Waals surface area contributed by atoms with Crippen LogP contribution in [0.1, 0.15) is 26.7 Å². The lowest BCUT2D eigenvalue weighted by Gasteiger charge is -2.35. The van der Waals surface area contributed by atoms with Gasteiger partial charge in [0, 0.05) is 13.1 Å². The van der Waals surface area contributed by atoms with Crippen LogP contribution in [-0.4, -0.2) is 53.3 Å². The van der Waals surface area contributed by atoms with Gasteiger partial charge >= 0.3 is 12.0 Å². The minimum atomic E-state index is -0.944. The Hall–Kier alpha value is -1.30. The summed E-state index contributed by atoms with van der Waals surface area (Å²) >= 11 is 0. The zero-order valence-electron chi connectivity index (χ0n) is 10.8. The van der Waals surface area contributed by atoms with Gasteiger partial charge in [0.25, 0.3) is 0 Å². The van der Waals surface area contributed by atoms with Crippen molar-refractivity contribution in [2.75, 3.05) is 13.1 Å². The number of hydrogen-bond acceptors (Lipinski definition) is 3. The van der Waals surface area contributed by atoms with E-state index < -0.39 is 12.0 Å². The van der Waals surface area contributed by atoms with E-state index in [4.69, 9.17) is 9.84 Å². The monoisotopic (exact) mass is 256 g/mol. The summed E-state index contributed by atoms with van der Waals surface area (Å²) in [4.78, 5) is 24.7. The molecule has 3 unspecified atom stereocenters. The van der Waals surface area contributed by atoms with E-state index in [9.17, 15) is 9.59 Å². The van der Waals surface area contributed by atoms with Gasteiger partial charge in [0.15, 0.2) is 0 Å². The van der Waals surface area contributed by atoms with Crippen molar-refractivity contribution >= 4 is 12.0 Å². The highest BCUT2D eigenvalue weighted by Gasteiger charge is 2.38. The van der Waals surface area contributed by atoms with Crippen LogP contribution < -0.4 is 5.32 Å². The molecule has 18 heavy (non-hydrogen) atoms. The number of ether oxygens (including phenoxy) is 1. The van der Waals surface area contributed by atoms with Gasteiger partial charge in [0.2, 0.25) is 0 Å². The first-order valence-electron chi connectivity index (χ1n) is 6.41. The van der Waals surface area contributed by atoms with E-state index in [-0.39, 0.29) is 24.2 Å². The third kappa shape index (κ3) is 3.13. The van der Waals surface area contributed by atoms with Crippen LogP contribution in [0.4, 0.5) is 4.79 Å². The van der Waals surface area contributed by atoms with Crippen LogP contribution in [0, 0.1) is 5.92 Å². The van der Waals surface area contributed by atoms with Crippen molar-refractivity contribution in [3.63, 3.8) is 0 Å². The fourth-order valence-corrected chi connectivity index (χ4v) is 2.38. The lowest BCUT2D eigenvalue weighted by atomic mass is 10.2. The summed E-state index contributed by atoms with van der Waals surface area (Å²) < 4.78 is 5.54. The molecule has 1 heterocycles. The molecule has 1 saturated heterocycles. The van der Waals surface area contributed by atoms with Gasteiger partial charge in [-0.05, 0) is 32.6 Å². The second kappa shape index (κ2) is 5.14. The molecule has 2 aliphatic rings. The van der Waals surface area contributed by atoms with Gasteiger partial charge < -0.3 is 20.1 Å². The van der Waals surface area contributed by atoms with Gasteiger partial charge in [0.05, 0.1) is 12.2 Å². The Bertz CT molecular complexity index is 333. The van der Waals surface area contributed by atoms with Gasteiger partial charge in [-0.2, -0.15) is 0 Å². The number of morpholine rings is 1. The lowest BCUT2D eigenvalue weighted by molar-refractivity contribution is -0.139. The molecule has 0 aromatic heterocycles. The van der Waals surface area contributed by atoms with Gasteiger partial charge in [-0.3, -0.25) is 0 Å². The van der Waals surface area contributed by atoms with E-state index in [1.54, 1.807) is 4.90 Å². The number of carbonyl (C=O) groups is 2. The maximum absolute atomic E-state index is 12.0. The van der Waals surface area contributed by atoms with E-state index in [1.165, 1.54) is 0 Å². The van der Waals surface area contributed by atoms with Crippen LogP contribution in [0.3, 0.4) is 0 Å². The highest BCUT2D eigenvalue weighted by atomic mass is 16.5. The highest BCUT2D eigenvalue weighted by molar-refractivity contribution is 5.83. The predicted octanol–water partition coefficient (Wildman–Crippen LogP) is 0.668. The van der Waals surface area contributed by atoms with Crippen LogP contribution in [0.2, 0.25) is 0 Å². The van der Waals surface area contributed by atoms with Crippen LogP contribution >= 0.6 is 0 Å². The smallest absolute Gasteiger partial charge is 0.326 e. The third-order valence-corrected chi connectivity index (χ3v) is 3.35. The van der Waals surface area contributed by atoms with Crippen LogP contribution in [0.5, 0.6) is 0 Å². The van der Waals surface area contributed by atoms with Crippen molar-refractivity contribution in [1.82, 2.24) is 10.2 Å². The Morgan fingerprint density at radius 3 is 2.28 bits per heavy atom. The topological polar surface area (TPSA) is 78.9 Å². The van der Waals surface area contributed by atoms with Crippen LogP contribution in [0.15, 0.2) is 0 Å². The number of aliphatic carboxylic acids is 1. The average Bonchev–Trinajstić information content (AvgIpc) is 3.07. The molecule has 0 radical (unpaired) electrons. The van der Waals surface area contributed by atoms with Gasteiger partial charge in [-0.15, -0.1) is 0 Å². The second-order valence-corrected chi connectivity index (χ2v) is 5.27. The number of urea groups is 1. The van der Waals surface area contributed by atoms with E-state index in [1.807, 2.05) is 13.8 Å². The van der Waals surface area contributed by atoms with Crippen molar-refractivity contribution in [2.24, 2.45) is 5.92 Å². The summed E-state index contributed by atoms with van der Waals surface area (Å²) in [6.45, 7) is 4.83. The number of carbonyl (C=O) groups excluding carboxylic acids is 1. The number of carboxylic acids is 1. The molecule has 0 aromatic carbocycles. The van der Waals surface area contributed by atoms with Gasteiger partial charge in [0.1, 0.15) is 6.04 Å². The molecule has 6 nitrogen and oxygen atoms in total. The first-order valence-corrected chi connectivity index (χ1v) is 6.41. The molecule has 1 aliphatic heterocycles. The molecule has 3 atom stereocenters. The molecule has 2 rings (SSSR count). The van der Waals surface area contributed by atoms with E-state index >= 15 is 0 Å². The van der Waals surface area contributed by atoms with Crippen molar-refractivity contribution in [1.29, 1.82) is 0 Å².